The number of ether oxygens (including phenoxy) is 1. The number of aryl methyl sites for hydroxylation is 1. The molecule has 142 valence electrons. The lowest BCUT2D eigenvalue weighted by atomic mass is 10.0. The van der Waals surface area contributed by atoms with Crippen LogP contribution in [-0.4, -0.2) is 42.2 Å². The van der Waals surface area contributed by atoms with Crippen LogP contribution in [0.5, 0.6) is 5.75 Å². The van der Waals surface area contributed by atoms with Crippen LogP contribution < -0.4 is 15.4 Å². The van der Waals surface area contributed by atoms with Gasteiger partial charge in [0.05, 0.1) is 7.11 Å². The molecule has 1 heterocycles. The van der Waals surface area contributed by atoms with Crippen molar-refractivity contribution in [2.24, 2.45) is 0 Å². The summed E-state index contributed by atoms with van der Waals surface area (Å²) in [5.41, 5.74) is 2.65. The standard InChI is InChI=1S/C21H25N3O2S/c1-15-6-3-4-9-19(15)20(25)22-16-10-12-24(13-11-16)21(27)23-17-7-5-8-18(14-17)26-2/h3-9,14,16H,10-13H2,1-2H3,(H,22,25)(H,23,27). The van der Waals surface area contributed by atoms with Crippen molar-refractivity contribution in [1.82, 2.24) is 10.2 Å². The summed E-state index contributed by atoms with van der Waals surface area (Å²) in [6.07, 6.45) is 1.75. The first-order valence-corrected chi connectivity index (χ1v) is 9.54. The highest BCUT2D eigenvalue weighted by atomic mass is 32.1. The van der Waals surface area contributed by atoms with E-state index in [0.717, 1.165) is 48.5 Å². The quantitative estimate of drug-likeness (QED) is 0.790. The fourth-order valence-corrected chi connectivity index (χ4v) is 3.52. The molecule has 2 N–H and O–H groups in total. The van der Waals surface area contributed by atoms with Gasteiger partial charge in [-0.2, -0.15) is 0 Å². The maximum absolute atomic E-state index is 12.5. The summed E-state index contributed by atoms with van der Waals surface area (Å²) < 4.78 is 5.24. The number of benzene rings is 2. The molecule has 6 heteroatoms. The van der Waals surface area contributed by atoms with Crippen molar-refractivity contribution in [3.05, 3.63) is 59.7 Å². The smallest absolute Gasteiger partial charge is 0.251 e. The Labute approximate surface area is 165 Å². The number of rotatable bonds is 4. The minimum Gasteiger partial charge on any atom is -0.497 e. The fraction of sp³-hybridized carbons (Fsp3) is 0.333. The Morgan fingerprint density at radius 3 is 2.59 bits per heavy atom. The van der Waals surface area contributed by atoms with Gasteiger partial charge in [-0.15, -0.1) is 0 Å². The number of piperidine rings is 1. The number of anilines is 1. The van der Waals surface area contributed by atoms with E-state index < -0.39 is 0 Å². The van der Waals surface area contributed by atoms with Crippen molar-refractivity contribution in [3.63, 3.8) is 0 Å². The molecule has 0 spiro atoms. The van der Waals surface area contributed by atoms with E-state index in [0.29, 0.717) is 5.11 Å². The third kappa shape index (κ3) is 4.98. The van der Waals surface area contributed by atoms with Crippen LogP contribution in [0.15, 0.2) is 48.5 Å². The number of thiocarbonyl (C=S) groups is 1. The van der Waals surface area contributed by atoms with Gasteiger partial charge in [-0.05, 0) is 55.7 Å². The third-order valence-corrected chi connectivity index (χ3v) is 5.19. The first-order valence-electron chi connectivity index (χ1n) is 9.13. The van der Waals surface area contributed by atoms with Crippen molar-refractivity contribution < 1.29 is 9.53 Å². The summed E-state index contributed by atoms with van der Waals surface area (Å²) in [5.74, 6) is 0.795. The van der Waals surface area contributed by atoms with Crippen LogP contribution in [0.1, 0.15) is 28.8 Å². The van der Waals surface area contributed by atoms with Crippen LogP contribution in [0.4, 0.5) is 5.69 Å². The number of carbonyl (C=O) groups is 1. The maximum atomic E-state index is 12.5. The molecule has 0 aliphatic carbocycles. The molecular formula is C21H25N3O2S. The van der Waals surface area contributed by atoms with Crippen molar-refractivity contribution in [2.75, 3.05) is 25.5 Å². The van der Waals surface area contributed by atoms with E-state index in [1.807, 2.05) is 55.5 Å². The van der Waals surface area contributed by atoms with E-state index in [-0.39, 0.29) is 11.9 Å². The average molecular weight is 384 g/mol. The lowest BCUT2D eigenvalue weighted by molar-refractivity contribution is 0.0922. The van der Waals surface area contributed by atoms with Crippen LogP contribution in [0, 0.1) is 6.92 Å². The molecule has 1 saturated heterocycles. The van der Waals surface area contributed by atoms with Crippen molar-refractivity contribution in [2.45, 2.75) is 25.8 Å². The van der Waals surface area contributed by atoms with Crippen LogP contribution in [0.25, 0.3) is 0 Å². The van der Waals surface area contributed by atoms with Gasteiger partial charge in [0.2, 0.25) is 0 Å². The highest BCUT2D eigenvalue weighted by molar-refractivity contribution is 7.80. The summed E-state index contributed by atoms with van der Waals surface area (Å²) in [6, 6.07) is 15.5. The van der Waals surface area contributed by atoms with Gasteiger partial charge in [-0.25, -0.2) is 0 Å². The number of nitrogens with zero attached hydrogens (tertiary/aromatic N) is 1. The second-order valence-corrected chi connectivity index (χ2v) is 7.10. The highest BCUT2D eigenvalue weighted by Crippen LogP contribution is 2.19. The molecule has 0 radical (unpaired) electrons. The Morgan fingerprint density at radius 1 is 1.15 bits per heavy atom. The summed E-state index contributed by atoms with van der Waals surface area (Å²) >= 11 is 5.54. The van der Waals surface area contributed by atoms with Crippen molar-refractivity contribution >= 4 is 28.9 Å². The number of likely N-dealkylation sites (tertiary alicyclic amines) is 1. The monoisotopic (exact) mass is 383 g/mol. The van der Waals surface area contributed by atoms with Gasteiger partial charge in [0.15, 0.2) is 5.11 Å². The third-order valence-electron chi connectivity index (χ3n) is 4.83. The zero-order valence-corrected chi connectivity index (χ0v) is 16.5. The molecule has 1 fully saturated rings. The molecule has 0 unspecified atom stereocenters. The van der Waals surface area contributed by atoms with Crippen LogP contribution >= 0.6 is 12.2 Å². The topological polar surface area (TPSA) is 53.6 Å². The molecule has 2 aromatic rings. The first-order chi connectivity index (χ1) is 13.1. The molecule has 0 bridgehead atoms. The van der Waals surface area contributed by atoms with Crippen LogP contribution in [-0.2, 0) is 0 Å². The second-order valence-electron chi connectivity index (χ2n) is 6.71. The summed E-state index contributed by atoms with van der Waals surface area (Å²) in [4.78, 5) is 14.6. The Kier molecular flexibility index (Phi) is 6.29. The molecule has 0 saturated carbocycles. The predicted octanol–water partition coefficient (Wildman–Crippen LogP) is 3.59. The van der Waals surface area contributed by atoms with Gasteiger partial charge >= 0.3 is 0 Å². The predicted molar refractivity (Wildman–Crippen MR) is 112 cm³/mol. The first kappa shape index (κ1) is 19.2. The van der Waals surface area contributed by atoms with Gasteiger partial charge in [0, 0.05) is 36.4 Å². The molecule has 1 aliphatic heterocycles. The number of amides is 1. The zero-order valence-electron chi connectivity index (χ0n) is 15.7. The lowest BCUT2D eigenvalue weighted by Crippen LogP contribution is -2.47. The second kappa shape index (κ2) is 8.86. The fourth-order valence-electron chi connectivity index (χ4n) is 3.22. The molecule has 5 nitrogen and oxygen atoms in total. The number of nitrogens with one attached hydrogen (secondary N) is 2. The zero-order chi connectivity index (χ0) is 19.2. The minimum absolute atomic E-state index is 0.00336. The normalized spacial score (nSPS) is 14.5. The van der Waals surface area contributed by atoms with Crippen LogP contribution in [0.3, 0.4) is 0 Å². The van der Waals surface area contributed by atoms with Gasteiger partial charge < -0.3 is 20.3 Å². The van der Waals surface area contributed by atoms with Gasteiger partial charge in [-0.3, -0.25) is 4.79 Å². The molecule has 0 aromatic heterocycles. The van der Waals surface area contributed by atoms with Crippen molar-refractivity contribution in [3.8, 4) is 5.75 Å². The SMILES string of the molecule is COc1cccc(NC(=S)N2CCC(NC(=O)c3ccccc3C)CC2)c1. The van der Waals surface area contributed by atoms with E-state index in [1.54, 1.807) is 7.11 Å². The minimum atomic E-state index is 0.00336. The number of carbonyl (C=O) groups excluding carboxylic acids is 1. The molecule has 3 rings (SSSR count). The van der Waals surface area contributed by atoms with E-state index in [1.165, 1.54) is 0 Å². The average Bonchev–Trinajstić information content (AvgIpc) is 2.69. The van der Waals surface area contributed by atoms with Gasteiger partial charge in [-0.1, -0.05) is 24.3 Å². The molecular weight excluding hydrogens is 358 g/mol. The highest BCUT2D eigenvalue weighted by Gasteiger charge is 2.23. The molecule has 27 heavy (non-hydrogen) atoms. The van der Waals surface area contributed by atoms with E-state index in [4.69, 9.17) is 17.0 Å². The summed E-state index contributed by atoms with van der Waals surface area (Å²) in [6.45, 7) is 3.59. The van der Waals surface area contributed by atoms with Crippen molar-refractivity contribution in [1.29, 1.82) is 0 Å². The Morgan fingerprint density at radius 2 is 1.89 bits per heavy atom. The Bertz CT molecular complexity index is 817. The van der Waals surface area contributed by atoms with Gasteiger partial charge in [0.1, 0.15) is 5.75 Å². The molecule has 0 atom stereocenters. The lowest BCUT2D eigenvalue weighted by Gasteiger charge is -2.34. The Hall–Kier alpha value is -2.60. The summed E-state index contributed by atoms with van der Waals surface area (Å²) in [5, 5.41) is 7.12. The molecule has 1 aliphatic rings. The number of methoxy groups -OCH3 is 1. The largest absolute Gasteiger partial charge is 0.497 e. The summed E-state index contributed by atoms with van der Waals surface area (Å²) in [7, 11) is 1.65. The van der Waals surface area contributed by atoms with Crippen LogP contribution in [0.2, 0.25) is 0 Å². The van der Waals surface area contributed by atoms with E-state index in [9.17, 15) is 4.79 Å². The Balaban J connectivity index is 1.50. The number of hydrogen-bond acceptors (Lipinski definition) is 3. The van der Waals surface area contributed by atoms with E-state index in [2.05, 4.69) is 15.5 Å². The van der Waals surface area contributed by atoms with Gasteiger partial charge in [0.25, 0.3) is 5.91 Å². The molecule has 2 aromatic carbocycles. The molecule has 1 amide bonds. The maximum Gasteiger partial charge on any atom is 0.251 e. The number of hydrogen-bond donors (Lipinski definition) is 2. The van der Waals surface area contributed by atoms with E-state index >= 15 is 0 Å².